The Hall–Kier alpha value is -1.52. The lowest BCUT2D eigenvalue weighted by Crippen LogP contribution is -2.55. The summed E-state index contributed by atoms with van der Waals surface area (Å²) in [5.74, 6) is -0.925. The molecule has 1 aliphatic rings. The minimum atomic E-state index is -1.05. The number of amides is 2. The van der Waals surface area contributed by atoms with E-state index >= 15 is 0 Å². The molecule has 1 aliphatic carbocycles. The van der Waals surface area contributed by atoms with Gasteiger partial charge < -0.3 is 15.7 Å². The molecular weight excluding hydrogens is 244 g/mol. The van der Waals surface area contributed by atoms with Gasteiger partial charge in [-0.05, 0) is 32.1 Å². The zero-order valence-corrected chi connectivity index (χ0v) is 11.4. The van der Waals surface area contributed by atoms with Crippen LogP contribution in [0.4, 0.5) is 4.79 Å². The molecule has 0 aromatic rings. The molecule has 108 valence electrons. The second-order valence-corrected chi connectivity index (χ2v) is 5.11. The number of nitrogens with one attached hydrogen (secondary N) is 2. The maximum absolute atomic E-state index is 11.7. The minimum absolute atomic E-state index is 0.368. The van der Waals surface area contributed by atoms with Crippen molar-refractivity contribution < 1.29 is 14.7 Å². The highest BCUT2D eigenvalue weighted by Crippen LogP contribution is 2.29. The van der Waals surface area contributed by atoms with E-state index in [-0.39, 0.29) is 6.03 Å². The summed E-state index contributed by atoms with van der Waals surface area (Å²) >= 11 is 0. The summed E-state index contributed by atoms with van der Waals surface area (Å²) in [5, 5.41) is 14.6. The number of unbranched alkanes of at least 4 members (excludes halogenated alkanes) is 3. The van der Waals surface area contributed by atoms with Gasteiger partial charge in [-0.1, -0.05) is 25.3 Å². The van der Waals surface area contributed by atoms with Gasteiger partial charge in [-0.25, -0.2) is 9.59 Å². The number of rotatable bonds is 8. The summed E-state index contributed by atoms with van der Waals surface area (Å²) in [6.45, 7) is 4.23. The molecule has 0 aromatic heterocycles. The summed E-state index contributed by atoms with van der Waals surface area (Å²) in [6, 6.07) is -0.368. The van der Waals surface area contributed by atoms with Crippen LogP contribution in [0.25, 0.3) is 0 Å². The summed E-state index contributed by atoms with van der Waals surface area (Å²) in [4.78, 5) is 23.0. The molecule has 0 bridgehead atoms. The van der Waals surface area contributed by atoms with Crippen molar-refractivity contribution in [3.63, 3.8) is 0 Å². The van der Waals surface area contributed by atoms with Crippen LogP contribution in [0.5, 0.6) is 0 Å². The van der Waals surface area contributed by atoms with E-state index in [9.17, 15) is 14.7 Å². The first-order valence-electron chi connectivity index (χ1n) is 7.01. The maximum Gasteiger partial charge on any atom is 0.329 e. The molecule has 0 spiro atoms. The number of carbonyl (C=O) groups excluding carboxylic acids is 1. The monoisotopic (exact) mass is 268 g/mol. The molecule has 0 aliphatic heterocycles. The van der Waals surface area contributed by atoms with E-state index in [1.807, 2.05) is 6.08 Å². The third-order valence-electron chi connectivity index (χ3n) is 3.59. The van der Waals surface area contributed by atoms with Crippen LogP contribution < -0.4 is 10.6 Å². The number of carboxylic acid groups (broad SMARTS) is 1. The van der Waals surface area contributed by atoms with Gasteiger partial charge in [-0.15, -0.1) is 6.58 Å². The Labute approximate surface area is 114 Å². The summed E-state index contributed by atoms with van der Waals surface area (Å²) < 4.78 is 0. The molecule has 0 saturated heterocycles. The summed E-state index contributed by atoms with van der Waals surface area (Å²) in [7, 11) is 0. The van der Waals surface area contributed by atoms with Gasteiger partial charge in [-0.2, -0.15) is 0 Å². The Morgan fingerprint density at radius 1 is 1.21 bits per heavy atom. The molecule has 0 atom stereocenters. The highest BCUT2D eigenvalue weighted by Gasteiger charge is 2.42. The van der Waals surface area contributed by atoms with Gasteiger partial charge in [0.15, 0.2) is 0 Å². The van der Waals surface area contributed by atoms with Crippen LogP contribution in [-0.4, -0.2) is 29.2 Å². The molecule has 19 heavy (non-hydrogen) atoms. The van der Waals surface area contributed by atoms with Crippen molar-refractivity contribution in [3.05, 3.63) is 12.7 Å². The quantitative estimate of drug-likeness (QED) is 0.467. The highest BCUT2D eigenvalue weighted by atomic mass is 16.4. The molecule has 1 fully saturated rings. The fourth-order valence-corrected chi connectivity index (χ4v) is 2.42. The first-order chi connectivity index (χ1) is 9.10. The number of hydrogen-bond acceptors (Lipinski definition) is 2. The van der Waals surface area contributed by atoms with Crippen molar-refractivity contribution in [2.75, 3.05) is 6.54 Å². The number of urea groups is 1. The predicted octanol–water partition coefficient (Wildman–Crippen LogP) is 2.43. The lowest BCUT2D eigenvalue weighted by Gasteiger charge is -2.25. The van der Waals surface area contributed by atoms with Gasteiger partial charge in [0.2, 0.25) is 0 Å². The largest absolute Gasteiger partial charge is 0.480 e. The molecule has 0 aromatic carbocycles. The fourth-order valence-electron chi connectivity index (χ4n) is 2.42. The standard InChI is InChI=1S/C14H24N2O3/c1-2-3-4-5-8-11-15-13(19)16-14(12(17)18)9-6-7-10-14/h2H,1,3-11H2,(H,17,18)(H2,15,16,19). The van der Waals surface area contributed by atoms with Crippen molar-refractivity contribution in [1.82, 2.24) is 10.6 Å². The molecule has 0 unspecified atom stereocenters. The van der Waals surface area contributed by atoms with E-state index in [0.29, 0.717) is 19.4 Å². The van der Waals surface area contributed by atoms with Crippen LogP contribution in [0.1, 0.15) is 51.4 Å². The molecule has 1 saturated carbocycles. The van der Waals surface area contributed by atoms with Crippen molar-refractivity contribution in [3.8, 4) is 0 Å². The van der Waals surface area contributed by atoms with E-state index in [0.717, 1.165) is 38.5 Å². The van der Waals surface area contributed by atoms with Gasteiger partial charge >= 0.3 is 12.0 Å². The average molecular weight is 268 g/mol. The molecule has 1 rings (SSSR count). The molecule has 0 radical (unpaired) electrons. The van der Waals surface area contributed by atoms with Gasteiger partial charge in [0.1, 0.15) is 5.54 Å². The van der Waals surface area contributed by atoms with E-state index in [2.05, 4.69) is 17.2 Å². The molecule has 5 nitrogen and oxygen atoms in total. The second-order valence-electron chi connectivity index (χ2n) is 5.11. The third-order valence-corrected chi connectivity index (χ3v) is 3.59. The third kappa shape index (κ3) is 4.93. The Morgan fingerprint density at radius 2 is 1.89 bits per heavy atom. The maximum atomic E-state index is 11.7. The second kappa shape index (κ2) is 7.81. The topological polar surface area (TPSA) is 78.4 Å². The lowest BCUT2D eigenvalue weighted by molar-refractivity contribution is -0.144. The number of carboxylic acids is 1. The first kappa shape index (κ1) is 15.5. The number of aliphatic carboxylic acids is 1. The van der Waals surface area contributed by atoms with Crippen LogP contribution in [0.15, 0.2) is 12.7 Å². The van der Waals surface area contributed by atoms with Crippen LogP contribution in [0, 0.1) is 0 Å². The van der Waals surface area contributed by atoms with Crippen LogP contribution >= 0.6 is 0 Å². The smallest absolute Gasteiger partial charge is 0.329 e. The molecule has 3 N–H and O–H groups in total. The van der Waals surface area contributed by atoms with Gasteiger partial charge in [0, 0.05) is 6.54 Å². The number of allylic oxidation sites excluding steroid dienone is 1. The van der Waals surface area contributed by atoms with Gasteiger partial charge in [0.25, 0.3) is 0 Å². The summed E-state index contributed by atoms with van der Waals surface area (Å²) in [5.41, 5.74) is -1.05. The Morgan fingerprint density at radius 3 is 2.47 bits per heavy atom. The highest BCUT2D eigenvalue weighted by molar-refractivity contribution is 5.86. The molecule has 0 heterocycles. The van der Waals surface area contributed by atoms with E-state index < -0.39 is 11.5 Å². The normalized spacial score (nSPS) is 16.8. The van der Waals surface area contributed by atoms with Gasteiger partial charge in [-0.3, -0.25) is 0 Å². The van der Waals surface area contributed by atoms with Crippen LogP contribution in [0.2, 0.25) is 0 Å². The van der Waals surface area contributed by atoms with E-state index in [1.54, 1.807) is 0 Å². The fraction of sp³-hybridized carbons (Fsp3) is 0.714. The zero-order chi connectivity index (χ0) is 14.1. The van der Waals surface area contributed by atoms with Crippen molar-refractivity contribution >= 4 is 12.0 Å². The van der Waals surface area contributed by atoms with Crippen molar-refractivity contribution in [2.24, 2.45) is 0 Å². The van der Waals surface area contributed by atoms with Crippen molar-refractivity contribution in [1.29, 1.82) is 0 Å². The zero-order valence-electron chi connectivity index (χ0n) is 11.4. The number of carbonyl (C=O) groups is 2. The molecular formula is C14H24N2O3. The minimum Gasteiger partial charge on any atom is -0.480 e. The van der Waals surface area contributed by atoms with Crippen LogP contribution in [0.3, 0.4) is 0 Å². The predicted molar refractivity (Wildman–Crippen MR) is 74.0 cm³/mol. The van der Waals surface area contributed by atoms with Crippen LogP contribution in [-0.2, 0) is 4.79 Å². The Balaban J connectivity index is 2.22. The Bertz CT molecular complexity index is 323. The summed E-state index contributed by atoms with van der Waals surface area (Å²) in [6.07, 6.45) is 8.65. The van der Waals surface area contributed by atoms with E-state index in [1.165, 1.54) is 0 Å². The average Bonchev–Trinajstić information content (AvgIpc) is 2.83. The molecule has 5 heteroatoms. The Kier molecular flexibility index (Phi) is 6.39. The lowest BCUT2D eigenvalue weighted by atomic mass is 9.98. The molecule has 2 amide bonds. The van der Waals surface area contributed by atoms with Crippen molar-refractivity contribution in [2.45, 2.75) is 56.9 Å². The van der Waals surface area contributed by atoms with E-state index in [4.69, 9.17) is 0 Å². The number of hydrogen-bond donors (Lipinski definition) is 3. The SMILES string of the molecule is C=CCCCCCNC(=O)NC1(C(=O)O)CCCC1. The first-order valence-corrected chi connectivity index (χ1v) is 7.01. The van der Waals surface area contributed by atoms with Gasteiger partial charge in [0.05, 0.1) is 0 Å².